The van der Waals surface area contributed by atoms with E-state index < -0.39 is 0 Å². The summed E-state index contributed by atoms with van der Waals surface area (Å²) in [6, 6.07) is 5.36. The molecular formula is C7H5BrClN5. The van der Waals surface area contributed by atoms with Gasteiger partial charge >= 0.3 is 0 Å². The second kappa shape index (κ2) is 3.55. The topological polar surface area (TPSA) is 69.6 Å². The molecule has 2 N–H and O–H groups in total. The van der Waals surface area contributed by atoms with Crippen molar-refractivity contribution in [3.63, 3.8) is 0 Å². The molecule has 0 fully saturated rings. The Labute approximate surface area is 93.0 Å². The van der Waals surface area contributed by atoms with Gasteiger partial charge in [0.2, 0.25) is 5.95 Å². The summed E-state index contributed by atoms with van der Waals surface area (Å²) in [5, 5.41) is 11.3. The van der Waals surface area contributed by atoms with E-state index in [1.807, 2.05) is 6.07 Å². The Morgan fingerprint density at radius 3 is 2.86 bits per heavy atom. The summed E-state index contributed by atoms with van der Waals surface area (Å²) in [6.45, 7) is 0. The van der Waals surface area contributed by atoms with Crippen LogP contribution in [-0.4, -0.2) is 20.2 Å². The first-order chi connectivity index (χ1) is 6.70. The molecule has 0 spiro atoms. The lowest BCUT2D eigenvalue weighted by atomic mass is 10.3. The van der Waals surface area contributed by atoms with Gasteiger partial charge in [-0.3, -0.25) is 0 Å². The van der Waals surface area contributed by atoms with Gasteiger partial charge in [-0.25, -0.2) is 0 Å². The predicted molar refractivity (Wildman–Crippen MR) is 56.3 cm³/mol. The Kier molecular flexibility index (Phi) is 2.39. The van der Waals surface area contributed by atoms with Gasteiger partial charge in [0.25, 0.3) is 0 Å². The maximum atomic E-state index is 5.91. The van der Waals surface area contributed by atoms with E-state index in [1.54, 1.807) is 12.1 Å². The summed E-state index contributed by atoms with van der Waals surface area (Å²) in [5.41, 5.74) is 6.26. The van der Waals surface area contributed by atoms with Crippen LogP contribution in [-0.2, 0) is 0 Å². The van der Waals surface area contributed by atoms with Gasteiger partial charge in [0.05, 0.1) is 15.2 Å². The third-order valence-electron chi connectivity index (χ3n) is 1.65. The highest BCUT2D eigenvalue weighted by atomic mass is 79.9. The van der Waals surface area contributed by atoms with Gasteiger partial charge in [-0.2, -0.15) is 4.68 Å². The average molecular weight is 275 g/mol. The van der Waals surface area contributed by atoms with Gasteiger partial charge in [0, 0.05) is 0 Å². The van der Waals surface area contributed by atoms with Crippen LogP contribution in [0.3, 0.4) is 0 Å². The summed E-state index contributed by atoms with van der Waals surface area (Å²) < 4.78 is 2.11. The van der Waals surface area contributed by atoms with E-state index >= 15 is 0 Å². The lowest BCUT2D eigenvalue weighted by Gasteiger charge is -2.04. The molecule has 0 aliphatic heterocycles. The monoisotopic (exact) mass is 273 g/mol. The standard InChI is InChI=1S/C7H5BrClN5/c8-6-4(9)2-1-3-5(6)14-7(10)11-12-13-14/h1-3H,(H2,10,11,13). The number of nitrogens with two attached hydrogens (primary N) is 1. The van der Waals surface area contributed by atoms with E-state index in [2.05, 4.69) is 31.5 Å². The van der Waals surface area contributed by atoms with Crippen LogP contribution in [0.25, 0.3) is 5.69 Å². The molecule has 7 heteroatoms. The van der Waals surface area contributed by atoms with E-state index in [1.165, 1.54) is 4.68 Å². The highest BCUT2D eigenvalue weighted by Crippen LogP contribution is 2.28. The molecule has 1 heterocycles. The molecule has 0 saturated carbocycles. The zero-order chi connectivity index (χ0) is 10.1. The fraction of sp³-hybridized carbons (Fsp3) is 0. The lowest BCUT2D eigenvalue weighted by molar-refractivity contribution is 0.790. The molecule has 5 nitrogen and oxygen atoms in total. The second-order valence-electron chi connectivity index (χ2n) is 2.52. The summed E-state index contributed by atoms with van der Waals surface area (Å²) >= 11 is 9.25. The van der Waals surface area contributed by atoms with E-state index in [4.69, 9.17) is 17.3 Å². The number of anilines is 1. The Morgan fingerprint density at radius 2 is 2.21 bits per heavy atom. The summed E-state index contributed by atoms with van der Waals surface area (Å²) in [6.07, 6.45) is 0. The van der Waals surface area contributed by atoms with E-state index in [0.717, 1.165) is 0 Å². The smallest absolute Gasteiger partial charge is 0.245 e. The van der Waals surface area contributed by atoms with Gasteiger partial charge in [0.15, 0.2) is 0 Å². The van der Waals surface area contributed by atoms with Crippen LogP contribution < -0.4 is 5.73 Å². The van der Waals surface area contributed by atoms with Crippen LogP contribution in [0.15, 0.2) is 22.7 Å². The normalized spacial score (nSPS) is 10.4. The van der Waals surface area contributed by atoms with Crippen molar-refractivity contribution in [2.75, 3.05) is 5.73 Å². The van der Waals surface area contributed by atoms with E-state index in [-0.39, 0.29) is 5.95 Å². The van der Waals surface area contributed by atoms with Crippen molar-refractivity contribution < 1.29 is 0 Å². The molecule has 0 amide bonds. The molecule has 2 rings (SSSR count). The van der Waals surface area contributed by atoms with Crippen molar-refractivity contribution in [1.82, 2.24) is 20.2 Å². The largest absolute Gasteiger partial charge is 0.366 e. The Bertz CT molecular complexity index is 469. The van der Waals surface area contributed by atoms with Gasteiger partial charge in [-0.05, 0) is 38.5 Å². The number of nitrogen functional groups attached to an aromatic ring is 1. The van der Waals surface area contributed by atoms with Crippen LogP contribution >= 0.6 is 27.5 Å². The molecule has 0 unspecified atom stereocenters. The minimum Gasteiger partial charge on any atom is -0.366 e. The van der Waals surface area contributed by atoms with Crippen molar-refractivity contribution in [3.8, 4) is 5.69 Å². The molecule has 1 aromatic carbocycles. The van der Waals surface area contributed by atoms with Crippen molar-refractivity contribution in [2.24, 2.45) is 0 Å². The second-order valence-corrected chi connectivity index (χ2v) is 3.72. The average Bonchev–Trinajstić information content (AvgIpc) is 2.57. The minimum atomic E-state index is 0.216. The molecule has 0 radical (unpaired) electrons. The number of hydrogen-bond acceptors (Lipinski definition) is 4. The Hall–Kier alpha value is -1.14. The minimum absolute atomic E-state index is 0.216. The highest BCUT2D eigenvalue weighted by molar-refractivity contribution is 9.10. The van der Waals surface area contributed by atoms with Gasteiger partial charge < -0.3 is 5.73 Å². The quantitative estimate of drug-likeness (QED) is 0.858. The molecule has 2 aromatic rings. The lowest BCUT2D eigenvalue weighted by Crippen LogP contribution is -2.03. The third-order valence-corrected chi connectivity index (χ3v) is 3.03. The third kappa shape index (κ3) is 1.46. The fourth-order valence-corrected chi connectivity index (χ4v) is 1.62. The Balaban J connectivity index is 2.63. The van der Waals surface area contributed by atoms with E-state index in [9.17, 15) is 0 Å². The SMILES string of the molecule is Nc1nnnn1-c1cccc(Cl)c1Br. The molecule has 0 aliphatic rings. The zero-order valence-electron chi connectivity index (χ0n) is 6.85. The summed E-state index contributed by atoms with van der Waals surface area (Å²) in [5.74, 6) is 0.216. The van der Waals surface area contributed by atoms with Crippen molar-refractivity contribution in [2.45, 2.75) is 0 Å². The van der Waals surface area contributed by atoms with Crippen molar-refractivity contribution in [3.05, 3.63) is 27.7 Å². The van der Waals surface area contributed by atoms with Crippen molar-refractivity contribution in [1.29, 1.82) is 0 Å². The van der Waals surface area contributed by atoms with Crippen molar-refractivity contribution >= 4 is 33.5 Å². The molecule has 0 aliphatic carbocycles. The first-order valence-corrected chi connectivity index (χ1v) is 4.85. The maximum absolute atomic E-state index is 5.91. The first-order valence-electron chi connectivity index (χ1n) is 3.68. The number of hydrogen-bond donors (Lipinski definition) is 1. The molecule has 1 aromatic heterocycles. The van der Waals surface area contributed by atoms with Gasteiger partial charge in [-0.1, -0.05) is 22.8 Å². The zero-order valence-corrected chi connectivity index (χ0v) is 9.20. The molecule has 0 atom stereocenters. The molecule has 0 saturated heterocycles. The number of rotatable bonds is 1. The molecule has 14 heavy (non-hydrogen) atoms. The number of tetrazole rings is 1. The molecule has 72 valence electrons. The maximum Gasteiger partial charge on any atom is 0.245 e. The van der Waals surface area contributed by atoms with Crippen LogP contribution in [0.4, 0.5) is 5.95 Å². The number of halogens is 2. The number of benzene rings is 1. The van der Waals surface area contributed by atoms with Gasteiger partial charge in [-0.15, -0.1) is 0 Å². The number of aromatic nitrogens is 4. The van der Waals surface area contributed by atoms with Crippen LogP contribution in [0.1, 0.15) is 0 Å². The summed E-state index contributed by atoms with van der Waals surface area (Å²) in [7, 11) is 0. The molecule has 0 bridgehead atoms. The number of nitrogens with zero attached hydrogens (tertiary/aromatic N) is 4. The molecular weight excluding hydrogens is 269 g/mol. The predicted octanol–water partition coefficient (Wildman–Crippen LogP) is 1.66. The van der Waals surface area contributed by atoms with Crippen LogP contribution in [0.5, 0.6) is 0 Å². The van der Waals surface area contributed by atoms with Gasteiger partial charge in [0.1, 0.15) is 0 Å². The highest BCUT2D eigenvalue weighted by Gasteiger charge is 2.09. The first kappa shape index (κ1) is 9.42. The van der Waals surface area contributed by atoms with E-state index in [0.29, 0.717) is 15.2 Å². The van der Waals surface area contributed by atoms with Crippen LogP contribution in [0, 0.1) is 0 Å². The van der Waals surface area contributed by atoms with Crippen LogP contribution in [0.2, 0.25) is 5.02 Å². The fourth-order valence-electron chi connectivity index (χ4n) is 1.02. The summed E-state index contributed by atoms with van der Waals surface area (Å²) in [4.78, 5) is 0. The Morgan fingerprint density at radius 1 is 1.43 bits per heavy atom.